The number of rotatable bonds is 0. The van der Waals surface area contributed by atoms with Crippen LogP contribution < -0.4 is 5.56 Å². The van der Waals surface area contributed by atoms with E-state index >= 15 is 0 Å². The summed E-state index contributed by atoms with van der Waals surface area (Å²) < 4.78 is 39.0. The van der Waals surface area contributed by atoms with Crippen LogP contribution in [-0.4, -0.2) is 29.8 Å². The maximum atomic E-state index is 12.8. The summed E-state index contributed by atoms with van der Waals surface area (Å²) in [6, 6.07) is 7.19. The average molecular weight is 318 g/mol. The third kappa shape index (κ3) is 2.06. The first kappa shape index (κ1) is 13.5. The van der Waals surface area contributed by atoms with E-state index in [2.05, 4.69) is 25.3 Å². The van der Waals surface area contributed by atoms with Crippen molar-refractivity contribution in [2.45, 2.75) is 6.18 Å². The van der Waals surface area contributed by atoms with Gasteiger partial charge in [-0.25, -0.2) is 9.97 Å². The maximum absolute atomic E-state index is 12.8. The molecule has 4 rings (SSSR count). The van der Waals surface area contributed by atoms with Gasteiger partial charge < -0.3 is 0 Å². The number of fused-ring (bicyclic) bond motifs is 4. The maximum Gasteiger partial charge on any atom is 0.433 e. The van der Waals surface area contributed by atoms with Gasteiger partial charge >= 0.3 is 6.18 Å². The van der Waals surface area contributed by atoms with Crippen molar-refractivity contribution in [2.75, 3.05) is 0 Å². The zero-order valence-electron chi connectivity index (χ0n) is 11.1. The van der Waals surface area contributed by atoms with Gasteiger partial charge in [-0.15, -0.1) is 15.3 Å². The fourth-order valence-corrected chi connectivity index (χ4v) is 2.18. The van der Waals surface area contributed by atoms with Crippen LogP contribution in [0.3, 0.4) is 0 Å². The fourth-order valence-electron chi connectivity index (χ4n) is 2.18. The van der Waals surface area contributed by atoms with E-state index in [4.69, 9.17) is 0 Å². The second kappa shape index (κ2) is 4.41. The molecule has 7 nitrogen and oxygen atoms in total. The highest BCUT2D eigenvalue weighted by Gasteiger charge is 2.33. The fraction of sp³-hybridized carbons (Fsp3) is 0.0769. The van der Waals surface area contributed by atoms with Gasteiger partial charge in [0.05, 0.1) is 5.52 Å². The number of hydrogen-bond donors (Lipinski definition) is 0. The van der Waals surface area contributed by atoms with E-state index in [0.717, 1.165) is 0 Å². The number of halogens is 3. The van der Waals surface area contributed by atoms with Crippen molar-refractivity contribution in [3.63, 3.8) is 0 Å². The minimum absolute atomic E-state index is 0.0415. The molecule has 0 bridgehead atoms. The zero-order valence-corrected chi connectivity index (χ0v) is 11.1. The molecule has 3 aromatic heterocycles. The van der Waals surface area contributed by atoms with E-state index < -0.39 is 23.2 Å². The van der Waals surface area contributed by atoms with Gasteiger partial charge in [-0.1, -0.05) is 18.2 Å². The smallest absolute Gasteiger partial charge is 0.267 e. The summed E-state index contributed by atoms with van der Waals surface area (Å²) in [5.74, 6) is -0.449. The van der Waals surface area contributed by atoms with Crippen LogP contribution in [0.2, 0.25) is 0 Å². The first-order chi connectivity index (χ1) is 10.9. The molecule has 0 saturated heterocycles. The second-order valence-electron chi connectivity index (χ2n) is 4.69. The van der Waals surface area contributed by atoms with Gasteiger partial charge in [0.25, 0.3) is 11.3 Å². The highest BCUT2D eigenvalue weighted by molar-refractivity contribution is 5.99. The van der Waals surface area contributed by atoms with Gasteiger partial charge in [0.2, 0.25) is 5.65 Å². The van der Waals surface area contributed by atoms with Crippen LogP contribution in [0.1, 0.15) is 5.69 Å². The Morgan fingerprint density at radius 3 is 2.61 bits per heavy atom. The van der Waals surface area contributed by atoms with E-state index in [1.807, 2.05) is 0 Å². The number of aromatic nitrogens is 6. The average Bonchev–Trinajstić information content (AvgIpc) is 2.52. The van der Waals surface area contributed by atoms with Crippen molar-refractivity contribution in [3.05, 3.63) is 46.4 Å². The summed E-state index contributed by atoms with van der Waals surface area (Å²) >= 11 is 0. The number of alkyl halides is 3. The zero-order chi connectivity index (χ0) is 16.2. The van der Waals surface area contributed by atoms with Gasteiger partial charge in [0, 0.05) is 11.5 Å². The van der Waals surface area contributed by atoms with E-state index in [0.29, 0.717) is 21.5 Å². The molecule has 10 heteroatoms. The Balaban J connectivity index is 2.16. The molecule has 0 fully saturated rings. The molecule has 0 amide bonds. The summed E-state index contributed by atoms with van der Waals surface area (Å²) in [4.78, 5) is 19.2. The molecule has 0 radical (unpaired) electrons. The lowest BCUT2D eigenvalue weighted by molar-refractivity contribution is -0.141. The molecule has 0 aliphatic carbocycles. The largest absolute Gasteiger partial charge is 0.433 e. The quantitative estimate of drug-likeness (QED) is 0.361. The number of hydrogen-bond acceptors (Lipinski definition) is 6. The van der Waals surface area contributed by atoms with Crippen LogP contribution >= 0.6 is 0 Å². The van der Waals surface area contributed by atoms with Gasteiger partial charge in [0.15, 0.2) is 5.69 Å². The highest BCUT2D eigenvalue weighted by Crippen LogP contribution is 2.26. The highest BCUT2D eigenvalue weighted by atomic mass is 19.4. The summed E-state index contributed by atoms with van der Waals surface area (Å²) in [5, 5.41) is 12.2. The van der Waals surface area contributed by atoms with Crippen LogP contribution in [0.25, 0.3) is 27.8 Å². The third-order valence-corrected chi connectivity index (χ3v) is 3.20. The summed E-state index contributed by atoms with van der Waals surface area (Å²) in [6.45, 7) is 0. The first-order valence-corrected chi connectivity index (χ1v) is 6.34. The molecule has 0 N–H and O–H groups in total. The summed E-state index contributed by atoms with van der Waals surface area (Å²) in [7, 11) is 0. The van der Waals surface area contributed by atoms with Crippen LogP contribution in [-0.2, 0) is 6.18 Å². The molecule has 4 aromatic rings. The lowest BCUT2D eigenvalue weighted by Crippen LogP contribution is -2.23. The van der Waals surface area contributed by atoms with Crippen molar-refractivity contribution in [2.24, 2.45) is 0 Å². The molecule has 114 valence electrons. The Bertz CT molecular complexity index is 1140. The van der Waals surface area contributed by atoms with E-state index in [1.165, 1.54) is 0 Å². The van der Waals surface area contributed by atoms with Crippen LogP contribution in [0.15, 0.2) is 35.1 Å². The number of nitrogens with zero attached hydrogens (tertiary/aromatic N) is 6. The van der Waals surface area contributed by atoms with Crippen LogP contribution in [0, 0.1) is 0 Å². The Labute approximate surface area is 124 Å². The van der Waals surface area contributed by atoms with Crippen LogP contribution in [0.4, 0.5) is 13.2 Å². The molecule has 0 unspecified atom stereocenters. The molecule has 3 heterocycles. The van der Waals surface area contributed by atoms with Gasteiger partial charge in [-0.3, -0.25) is 4.79 Å². The molecular weight excluding hydrogens is 313 g/mol. The van der Waals surface area contributed by atoms with E-state index in [1.54, 1.807) is 24.3 Å². The van der Waals surface area contributed by atoms with Gasteiger partial charge in [-0.05, 0) is 6.07 Å². The van der Waals surface area contributed by atoms with Crippen molar-refractivity contribution in [3.8, 4) is 0 Å². The first-order valence-electron chi connectivity index (χ1n) is 6.34. The van der Waals surface area contributed by atoms with Gasteiger partial charge in [-0.2, -0.15) is 17.7 Å². The minimum Gasteiger partial charge on any atom is -0.267 e. The Morgan fingerprint density at radius 1 is 1.04 bits per heavy atom. The standard InChI is InChI=1S/C13H5F3N6O/c14-13(15,16)8-5-9(23)22-12(17-8)18-10-6-3-1-2-4-7(6)19-20-11(10)21-22/h1-5H. The molecular formula is C13H5F3N6O. The normalized spacial score (nSPS) is 12.3. The SMILES string of the molecule is O=c1cc(C(F)(F)F)nc2nc3c(nnc4ccccc43)nn12. The van der Waals surface area contributed by atoms with Crippen molar-refractivity contribution >= 4 is 27.8 Å². The Kier molecular flexibility index (Phi) is 2.59. The predicted molar refractivity (Wildman–Crippen MR) is 72.7 cm³/mol. The van der Waals surface area contributed by atoms with E-state index in [9.17, 15) is 18.0 Å². The molecule has 23 heavy (non-hydrogen) atoms. The molecule has 0 aliphatic heterocycles. The lowest BCUT2D eigenvalue weighted by atomic mass is 10.2. The second-order valence-corrected chi connectivity index (χ2v) is 4.69. The summed E-state index contributed by atoms with van der Waals surface area (Å²) in [5.41, 5.74) is -1.54. The monoisotopic (exact) mass is 318 g/mol. The number of benzene rings is 1. The Morgan fingerprint density at radius 2 is 1.83 bits per heavy atom. The molecule has 0 saturated carbocycles. The molecule has 1 aromatic carbocycles. The minimum atomic E-state index is -4.75. The topological polar surface area (TPSA) is 85.9 Å². The third-order valence-electron chi connectivity index (χ3n) is 3.20. The van der Waals surface area contributed by atoms with Crippen molar-refractivity contribution in [1.29, 1.82) is 0 Å². The van der Waals surface area contributed by atoms with E-state index in [-0.39, 0.29) is 11.2 Å². The van der Waals surface area contributed by atoms with Gasteiger partial charge in [0.1, 0.15) is 5.52 Å². The molecule has 0 aliphatic rings. The predicted octanol–water partition coefficient (Wildman–Crippen LogP) is 1.60. The van der Waals surface area contributed by atoms with Crippen molar-refractivity contribution in [1.82, 2.24) is 29.8 Å². The summed E-state index contributed by atoms with van der Waals surface area (Å²) in [6.07, 6.45) is -4.75. The molecule has 0 spiro atoms. The van der Waals surface area contributed by atoms with Crippen LogP contribution in [0.5, 0.6) is 0 Å². The lowest BCUT2D eigenvalue weighted by Gasteiger charge is -2.07. The Hall–Kier alpha value is -3.17. The van der Waals surface area contributed by atoms with Crippen molar-refractivity contribution < 1.29 is 13.2 Å². The molecule has 0 atom stereocenters.